The van der Waals surface area contributed by atoms with Crippen molar-refractivity contribution in [2.24, 2.45) is 0 Å². The Morgan fingerprint density at radius 1 is 0.879 bits per heavy atom. The zero-order valence-corrected chi connectivity index (χ0v) is 18.9. The van der Waals surface area contributed by atoms with Crippen molar-refractivity contribution >= 4 is 29.2 Å². The van der Waals surface area contributed by atoms with E-state index in [1.54, 1.807) is 32.9 Å². The highest BCUT2D eigenvalue weighted by Gasteiger charge is 2.28. The Kier molecular flexibility index (Phi) is 7.12. The fraction of sp³-hybridized carbons (Fsp3) is 0.200. The quantitative estimate of drug-likeness (QED) is 0.400. The minimum atomic E-state index is -1.06. The maximum atomic E-state index is 14.4. The predicted molar refractivity (Wildman–Crippen MR) is 121 cm³/mol. The molecule has 4 nitrogen and oxygen atoms in total. The van der Waals surface area contributed by atoms with E-state index in [1.165, 1.54) is 30.3 Å². The van der Waals surface area contributed by atoms with Crippen LogP contribution in [0.4, 0.5) is 18.9 Å². The van der Waals surface area contributed by atoms with Crippen LogP contribution in [0, 0.1) is 17.5 Å². The van der Waals surface area contributed by atoms with Crippen molar-refractivity contribution in [1.82, 2.24) is 0 Å². The third-order valence-electron chi connectivity index (χ3n) is 4.54. The highest BCUT2D eigenvalue weighted by Crippen LogP contribution is 2.29. The van der Waals surface area contributed by atoms with E-state index in [0.29, 0.717) is 11.1 Å². The molecule has 0 atom stereocenters. The first-order valence-electron chi connectivity index (χ1n) is 9.99. The summed E-state index contributed by atoms with van der Waals surface area (Å²) in [5, 5.41) is -0.0898. The third-order valence-corrected chi connectivity index (χ3v) is 4.83. The van der Waals surface area contributed by atoms with E-state index in [1.807, 2.05) is 0 Å². The number of hydrogen-bond acceptors (Lipinski definition) is 3. The van der Waals surface area contributed by atoms with Gasteiger partial charge in [0.05, 0.1) is 5.02 Å². The van der Waals surface area contributed by atoms with E-state index in [0.717, 1.165) is 23.1 Å². The van der Waals surface area contributed by atoms with Gasteiger partial charge >= 0.3 is 5.97 Å². The summed E-state index contributed by atoms with van der Waals surface area (Å²) in [5.74, 6) is -4.52. The lowest BCUT2D eigenvalue weighted by atomic mass is 10.0. The Hall–Kier alpha value is -3.32. The molecule has 0 spiro atoms. The lowest BCUT2D eigenvalue weighted by Gasteiger charge is -2.26. The van der Waals surface area contributed by atoms with Gasteiger partial charge in [-0.3, -0.25) is 14.5 Å². The zero-order chi connectivity index (χ0) is 24.3. The fourth-order valence-electron chi connectivity index (χ4n) is 3.15. The van der Waals surface area contributed by atoms with E-state index in [9.17, 15) is 22.8 Å². The molecule has 0 aliphatic rings. The molecule has 0 aliphatic heterocycles. The van der Waals surface area contributed by atoms with Crippen LogP contribution in [-0.2, 0) is 9.53 Å². The van der Waals surface area contributed by atoms with Crippen molar-refractivity contribution < 1.29 is 27.5 Å². The minimum absolute atomic E-state index is 0.0898. The third kappa shape index (κ3) is 5.93. The number of anilines is 1. The van der Waals surface area contributed by atoms with Gasteiger partial charge in [0.25, 0.3) is 5.91 Å². The van der Waals surface area contributed by atoms with Crippen molar-refractivity contribution in [3.63, 3.8) is 0 Å². The number of esters is 1. The van der Waals surface area contributed by atoms with Crippen LogP contribution in [-0.4, -0.2) is 24.0 Å². The van der Waals surface area contributed by atoms with Crippen molar-refractivity contribution in [2.45, 2.75) is 26.4 Å². The molecule has 0 radical (unpaired) electrons. The Labute approximate surface area is 194 Å². The molecule has 0 bridgehead atoms. The van der Waals surface area contributed by atoms with Crippen molar-refractivity contribution in [1.29, 1.82) is 0 Å². The summed E-state index contributed by atoms with van der Waals surface area (Å²) in [5.41, 5.74) is -0.347. The smallest absolute Gasteiger partial charge is 0.326 e. The van der Waals surface area contributed by atoms with Crippen LogP contribution in [0.3, 0.4) is 0 Å². The summed E-state index contributed by atoms with van der Waals surface area (Å²) in [6.45, 7) is 4.39. The number of benzene rings is 3. The number of rotatable bonds is 5. The summed E-state index contributed by atoms with van der Waals surface area (Å²) in [6, 6.07) is 13.5. The predicted octanol–water partition coefficient (Wildman–Crippen LogP) is 6.41. The van der Waals surface area contributed by atoms with E-state index in [2.05, 4.69) is 0 Å². The van der Waals surface area contributed by atoms with Crippen LogP contribution in [0.25, 0.3) is 11.1 Å². The van der Waals surface area contributed by atoms with Gasteiger partial charge in [-0.2, -0.15) is 0 Å². The van der Waals surface area contributed by atoms with Gasteiger partial charge in [0, 0.05) is 5.69 Å². The molecule has 0 aliphatic carbocycles. The number of amides is 1. The van der Waals surface area contributed by atoms with Crippen LogP contribution >= 0.6 is 11.6 Å². The van der Waals surface area contributed by atoms with Crippen LogP contribution in [0.1, 0.15) is 31.1 Å². The highest BCUT2D eigenvalue weighted by molar-refractivity contribution is 6.31. The molecule has 0 N–H and O–H groups in total. The molecule has 3 aromatic rings. The zero-order valence-electron chi connectivity index (χ0n) is 18.2. The molecule has 0 fully saturated rings. The van der Waals surface area contributed by atoms with Crippen molar-refractivity contribution in [3.05, 3.63) is 88.7 Å². The van der Waals surface area contributed by atoms with Crippen molar-refractivity contribution in [2.75, 3.05) is 11.4 Å². The maximum absolute atomic E-state index is 14.4. The molecular weight excluding hydrogens is 455 g/mol. The second-order valence-corrected chi connectivity index (χ2v) is 8.66. The second-order valence-electron chi connectivity index (χ2n) is 8.25. The normalized spacial score (nSPS) is 11.2. The monoisotopic (exact) mass is 475 g/mol. The van der Waals surface area contributed by atoms with Gasteiger partial charge < -0.3 is 4.74 Å². The molecule has 3 aromatic carbocycles. The number of ether oxygens (including phenoxy) is 1. The number of halogens is 4. The van der Waals surface area contributed by atoms with Gasteiger partial charge in [0.15, 0.2) is 0 Å². The molecule has 8 heteroatoms. The number of carbonyl (C=O) groups is 2. The van der Waals surface area contributed by atoms with E-state index >= 15 is 0 Å². The standard InChI is InChI=1S/C25H21ClF3NO3/c1-25(2,3)33-22(31)14-30(24(32)23-20(28)8-5-9-21(23)29)17-7-4-6-15(12-17)16-10-11-19(27)18(26)13-16/h4-13H,14H2,1-3H3. The van der Waals surface area contributed by atoms with Gasteiger partial charge in [-0.15, -0.1) is 0 Å². The minimum Gasteiger partial charge on any atom is -0.459 e. The van der Waals surface area contributed by atoms with E-state index in [-0.39, 0.29) is 10.7 Å². The van der Waals surface area contributed by atoms with Gasteiger partial charge in [-0.1, -0.05) is 35.9 Å². The first-order chi connectivity index (χ1) is 15.5. The second kappa shape index (κ2) is 9.67. The Morgan fingerprint density at radius 2 is 1.48 bits per heavy atom. The average Bonchev–Trinajstić information content (AvgIpc) is 2.72. The van der Waals surface area contributed by atoms with E-state index in [4.69, 9.17) is 16.3 Å². The van der Waals surface area contributed by atoms with Gasteiger partial charge in [-0.25, -0.2) is 13.2 Å². The van der Waals surface area contributed by atoms with Crippen LogP contribution < -0.4 is 4.90 Å². The molecule has 1 amide bonds. The molecule has 0 saturated carbocycles. The molecule has 172 valence electrons. The first-order valence-corrected chi connectivity index (χ1v) is 10.4. The lowest BCUT2D eigenvalue weighted by Crippen LogP contribution is -2.39. The summed E-state index contributed by atoms with van der Waals surface area (Å²) in [7, 11) is 0. The largest absolute Gasteiger partial charge is 0.459 e. The fourth-order valence-corrected chi connectivity index (χ4v) is 3.33. The molecule has 0 heterocycles. The van der Waals surface area contributed by atoms with Crippen LogP contribution in [0.15, 0.2) is 60.7 Å². The summed E-state index contributed by atoms with van der Waals surface area (Å²) in [6.07, 6.45) is 0. The number of nitrogens with zero attached hydrogens (tertiary/aromatic N) is 1. The maximum Gasteiger partial charge on any atom is 0.326 e. The number of carbonyl (C=O) groups excluding carboxylic acids is 2. The Bertz CT molecular complexity index is 1190. The summed E-state index contributed by atoms with van der Waals surface area (Å²) < 4.78 is 47.6. The lowest BCUT2D eigenvalue weighted by molar-refractivity contribution is -0.152. The van der Waals surface area contributed by atoms with Crippen LogP contribution in [0.5, 0.6) is 0 Å². The highest BCUT2D eigenvalue weighted by atomic mass is 35.5. The Balaban J connectivity index is 2.06. The summed E-state index contributed by atoms with van der Waals surface area (Å²) in [4.78, 5) is 26.7. The molecule has 3 rings (SSSR count). The van der Waals surface area contributed by atoms with Crippen LogP contribution in [0.2, 0.25) is 5.02 Å². The first kappa shape index (κ1) is 24.3. The average molecular weight is 476 g/mol. The molecule has 0 saturated heterocycles. The van der Waals surface area contributed by atoms with Crippen molar-refractivity contribution in [3.8, 4) is 11.1 Å². The molecule has 0 unspecified atom stereocenters. The molecular formula is C25H21ClF3NO3. The van der Waals surface area contributed by atoms with Gasteiger partial charge in [0.2, 0.25) is 0 Å². The van der Waals surface area contributed by atoms with Gasteiger partial charge in [-0.05, 0) is 68.3 Å². The topological polar surface area (TPSA) is 46.6 Å². The molecule has 0 aromatic heterocycles. The SMILES string of the molecule is CC(C)(C)OC(=O)CN(C(=O)c1c(F)cccc1F)c1cccc(-c2ccc(F)c(Cl)c2)c1. The van der Waals surface area contributed by atoms with E-state index < -0.39 is 47.0 Å². The molecule has 33 heavy (non-hydrogen) atoms. The number of hydrogen-bond donors (Lipinski definition) is 0. The van der Waals surface area contributed by atoms with Gasteiger partial charge in [0.1, 0.15) is 35.2 Å². The Morgan fingerprint density at radius 3 is 2.09 bits per heavy atom. The summed E-state index contributed by atoms with van der Waals surface area (Å²) >= 11 is 5.88.